The van der Waals surface area contributed by atoms with Gasteiger partial charge in [-0.05, 0) is 48.0 Å². The van der Waals surface area contributed by atoms with Crippen LogP contribution in [-0.2, 0) is 16.6 Å². The topological polar surface area (TPSA) is 75.7 Å². The van der Waals surface area contributed by atoms with Gasteiger partial charge in [0.1, 0.15) is 5.75 Å². The minimum absolute atomic E-state index is 0.139. The fourth-order valence-electron chi connectivity index (χ4n) is 2.77. The summed E-state index contributed by atoms with van der Waals surface area (Å²) in [5, 5.41) is 2.84. The predicted molar refractivity (Wildman–Crippen MR) is 113 cm³/mol. The number of rotatable bonds is 7. The molecule has 29 heavy (non-hydrogen) atoms. The SMILES string of the molecule is COc1ccc(S(=O)(=O)N(C)c2cccc(C(=O)NCc3ccccc3)c2)cc1. The largest absolute Gasteiger partial charge is 0.497 e. The molecule has 0 saturated heterocycles. The second-order valence-electron chi connectivity index (χ2n) is 6.37. The Balaban J connectivity index is 1.77. The van der Waals surface area contributed by atoms with Gasteiger partial charge >= 0.3 is 0 Å². The summed E-state index contributed by atoms with van der Waals surface area (Å²) >= 11 is 0. The van der Waals surface area contributed by atoms with E-state index in [1.807, 2.05) is 30.3 Å². The van der Waals surface area contributed by atoms with Crippen LogP contribution in [0.25, 0.3) is 0 Å². The maximum Gasteiger partial charge on any atom is 0.264 e. The molecule has 0 saturated carbocycles. The molecule has 1 amide bonds. The molecular formula is C22H22N2O4S. The van der Waals surface area contributed by atoms with Crippen molar-refractivity contribution in [1.29, 1.82) is 0 Å². The second kappa shape index (κ2) is 8.79. The van der Waals surface area contributed by atoms with Gasteiger partial charge in [-0.1, -0.05) is 36.4 Å². The fourth-order valence-corrected chi connectivity index (χ4v) is 3.96. The van der Waals surface area contributed by atoms with Gasteiger partial charge in [0.15, 0.2) is 0 Å². The number of carbonyl (C=O) groups excluding carboxylic acids is 1. The lowest BCUT2D eigenvalue weighted by molar-refractivity contribution is 0.0951. The van der Waals surface area contributed by atoms with E-state index in [0.29, 0.717) is 23.5 Å². The van der Waals surface area contributed by atoms with Crippen molar-refractivity contribution in [3.8, 4) is 5.75 Å². The Kier molecular flexibility index (Phi) is 6.19. The van der Waals surface area contributed by atoms with Crippen LogP contribution in [0.4, 0.5) is 5.69 Å². The van der Waals surface area contributed by atoms with Crippen LogP contribution in [0.15, 0.2) is 83.8 Å². The predicted octanol–water partition coefficient (Wildman–Crippen LogP) is 3.45. The molecule has 0 bridgehead atoms. The number of hydrogen-bond acceptors (Lipinski definition) is 4. The molecular weight excluding hydrogens is 388 g/mol. The zero-order valence-corrected chi connectivity index (χ0v) is 17.0. The van der Waals surface area contributed by atoms with E-state index in [4.69, 9.17) is 4.74 Å². The Morgan fingerprint density at radius 1 is 0.966 bits per heavy atom. The molecule has 0 heterocycles. The zero-order chi connectivity index (χ0) is 20.9. The fraction of sp³-hybridized carbons (Fsp3) is 0.136. The van der Waals surface area contributed by atoms with Gasteiger partial charge in [0.05, 0.1) is 17.7 Å². The number of methoxy groups -OCH3 is 1. The summed E-state index contributed by atoms with van der Waals surface area (Å²) in [6.07, 6.45) is 0. The summed E-state index contributed by atoms with van der Waals surface area (Å²) in [6, 6.07) is 22.2. The summed E-state index contributed by atoms with van der Waals surface area (Å²) < 4.78 is 32.0. The van der Waals surface area contributed by atoms with E-state index in [1.54, 1.807) is 36.4 Å². The number of ether oxygens (including phenoxy) is 1. The highest BCUT2D eigenvalue weighted by Gasteiger charge is 2.22. The average molecular weight is 410 g/mol. The first-order valence-corrected chi connectivity index (χ1v) is 10.4. The Morgan fingerprint density at radius 3 is 2.31 bits per heavy atom. The highest BCUT2D eigenvalue weighted by molar-refractivity contribution is 7.92. The first-order chi connectivity index (χ1) is 13.9. The van der Waals surface area contributed by atoms with E-state index in [1.165, 1.54) is 26.3 Å². The molecule has 150 valence electrons. The summed E-state index contributed by atoms with van der Waals surface area (Å²) in [6.45, 7) is 0.393. The van der Waals surface area contributed by atoms with Crippen molar-refractivity contribution in [3.63, 3.8) is 0 Å². The second-order valence-corrected chi connectivity index (χ2v) is 8.34. The van der Waals surface area contributed by atoms with Crippen molar-refractivity contribution >= 4 is 21.6 Å². The van der Waals surface area contributed by atoms with E-state index in [9.17, 15) is 13.2 Å². The zero-order valence-electron chi connectivity index (χ0n) is 16.2. The van der Waals surface area contributed by atoms with Crippen LogP contribution < -0.4 is 14.4 Å². The summed E-state index contributed by atoms with van der Waals surface area (Å²) in [5.74, 6) is 0.301. The minimum Gasteiger partial charge on any atom is -0.497 e. The molecule has 0 unspecified atom stereocenters. The van der Waals surface area contributed by atoms with Crippen molar-refractivity contribution in [1.82, 2.24) is 5.32 Å². The van der Waals surface area contributed by atoms with Crippen LogP contribution in [0.2, 0.25) is 0 Å². The molecule has 3 aromatic carbocycles. The number of hydrogen-bond donors (Lipinski definition) is 1. The number of nitrogens with zero attached hydrogens (tertiary/aromatic N) is 1. The van der Waals surface area contributed by atoms with Crippen LogP contribution in [0.5, 0.6) is 5.75 Å². The molecule has 1 N–H and O–H groups in total. The highest BCUT2D eigenvalue weighted by atomic mass is 32.2. The molecule has 0 aliphatic rings. The molecule has 0 aromatic heterocycles. The minimum atomic E-state index is -3.77. The number of sulfonamides is 1. The molecule has 7 heteroatoms. The quantitative estimate of drug-likeness (QED) is 0.647. The number of anilines is 1. The van der Waals surface area contributed by atoms with Gasteiger partial charge in [-0.25, -0.2) is 8.42 Å². The van der Waals surface area contributed by atoms with Crippen molar-refractivity contribution < 1.29 is 17.9 Å². The molecule has 3 aromatic rings. The van der Waals surface area contributed by atoms with Crippen LogP contribution in [-0.4, -0.2) is 28.5 Å². The molecule has 0 aliphatic carbocycles. The lowest BCUT2D eigenvalue weighted by Gasteiger charge is -2.20. The molecule has 0 atom stereocenters. The number of amides is 1. The molecule has 0 fully saturated rings. The van der Waals surface area contributed by atoms with E-state index in [2.05, 4.69) is 5.32 Å². The Bertz CT molecular complexity index is 1080. The van der Waals surface area contributed by atoms with E-state index < -0.39 is 10.0 Å². The Hall–Kier alpha value is -3.32. The summed E-state index contributed by atoms with van der Waals surface area (Å²) in [7, 11) is -0.792. The van der Waals surface area contributed by atoms with E-state index in [-0.39, 0.29) is 10.8 Å². The summed E-state index contributed by atoms with van der Waals surface area (Å²) in [5.41, 5.74) is 1.76. The lowest BCUT2D eigenvalue weighted by atomic mass is 10.1. The van der Waals surface area contributed by atoms with Crippen molar-refractivity contribution in [2.45, 2.75) is 11.4 Å². The van der Waals surface area contributed by atoms with Gasteiger partial charge in [-0.15, -0.1) is 0 Å². The standard InChI is InChI=1S/C22H22N2O4S/c1-24(29(26,27)21-13-11-20(28-2)12-14-21)19-10-6-9-18(15-19)22(25)23-16-17-7-4-3-5-8-17/h3-15H,16H2,1-2H3,(H,23,25). The number of nitrogens with one attached hydrogen (secondary N) is 1. The molecule has 3 rings (SSSR count). The van der Waals surface area contributed by atoms with Crippen LogP contribution in [0.1, 0.15) is 15.9 Å². The Morgan fingerprint density at radius 2 is 1.66 bits per heavy atom. The third kappa shape index (κ3) is 4.75. The highest BCUT2D eigenvalue weighted by Crippen LogP contribution is 2.24. The van der Waals surface area contributed by atoms with E-state index >= 15 is 0 Å². The third-order valence-corrected chi connectivity index (χ3v) is 6.29. The number of benzene rings is 3. The number of carbonyl (C=O) groups is 1. The first kappa shape index (κ1) is 20.4. The smallest absolute Gasteiger partial charge is 0.264 e. The third-order valence-electron chi connectivity index (χ3n) is 4.49. The Labute approximate surface area is 170 Å². The van der Waals surface area contributed by atoms with Crippen LogP contribution in [0, 0.1) is 0 Å². The van der Waals surface area contributed by atoms with E-state index in [0.717, 1.165) is 9.87 Å². The van der Waals surface area contributed by atoms with Gasteiger partial charge in [-0.3, -0.25) is 9.10 Å². The van der Waals surface area contributed by atoms with Gasteiger partial charge in [0.2, 0.25) is 0 Å². The van der Waals surface area contributed by atoms with Crippen molar-refractivity contribution in [2.24, 2.45) is 0 Å². The monoisotopic (exact) mass is 410 g/mol. The van der Waals surface area contributed by atoms with Crippen LogP contribution in [0.3, 0.4) is 0 Å². The molecule has 0 aliphatic heterocycles. The molecule has 0 spiro atoms. The lowest BCUT2D eigenvalue weighted by Crippen LogP contribution is -2.27. The normalized spacial score (nSPS) is 11.0. The average Bonchev–Trinajstić information content (AvgIpc) is 2.77. The first-order valence-electron chi connectivity index (χ1n) is 8.97. The van der Waals surface area contributed by atoms with Gasteiger partial charge in [-0.2, -0.15) is 0 Å². The summed E-state index contributed by atoms with van der Waals surface area (Å²) in [4.78, 5) is 12.6. The van der Waals surface area contributed by atoms with Crippen LogP contribution >= 0.6 is 0 Å². The van der Waals surface area contributed by atoms with Gasteiger partial charge in [0.25, 0.3) is 15.9 Å². The maximum atomic E-state index is 12.9. The molecule has 0 radical (unpaired) electrons. The van der Waals surface area contributed by atoms with Gasteiger partial charge < -0.3 is 10.1 Å². The van der Waals surface area contributed by atoms with Crippen molar-refractivity contribution in [3.05, 3.63) is 90.0 Å². The van der Waals surface area contributed by atoms with Gasteiger partial charge in [0, 0.05) is 19.2 Å². The van der Waals surface area contributed by atoms with Crippen molar-refractivity contribution in [2.75, 3.05) is 18.5 Å². The maximum absolute atomic E-state index is 12.9. The molecule has 6 nitrogen and oxygen atoms in total.